The van der Waals surface area contributed by atoms with Crippen molar-refractivity contribution < 1.29 is 4.79 Å². The number of hydrogen-bond donors (Lipinski definition) is 2. The van der Waals surface area contributed by atoms with E-state index in [-0.39, 0.29) is 11.4 Å². The number of amides is 1. The molecular weight excluding hydrogens is 268 g/mol. The predicted molar refractivity (Wildman–Crippen MR) is 79.1 cm³/mol. The van der Waals surface area contributed by atoms with Crippen LogP contribution in [0, 0.1) is 0 Å². The first-order valence-corrected chi connectivity index (χ1v) is 7.19. The second-order valence-electron chi connectivity index (χ2n) is 4.76. The molecule has 100 valence electrons. The molecule has 0 aromatic heterocycles. The van der Waals surface area contributed by atoms with Crippen LogP contribution in [0.2, 0.25) is 5.02 Å². The van der Waals surface area contributed by atoms with E-state index < -0.39 is 0 Å². The van der Waals surface area contributed by atoms with Crippen molar-refractivity contribution in [1.29, 1.82) is 0 Å². The molecule has 0 spiro atoms. The van der Waals surface area contributed by atoms with Crippen LogP contribution in [0.4, 0.5) is 5.69 Å². The highest BCUT2D eigenvalue weighted by atomic mass is 35.5. The smallest absolute Gasteiger partial charge is 0.230 e. The lowest BCUT2D eigenvalue weighted by Crippen LogP contribution is -2.43. The van der Waals surface area contributed by atoms with Crippen LogP contribution >= 0.6 is 23.4 Å². The van der Waals surface area contributed by atoms with Crippen molar-refractivity contribution in [3.63, 3.8) is 0 Å². The number of rotatable bonds is 5. The number of benzene rings is 1. The third-order valence-electron chi connectivity index (χ3n) is 2.70. The van der Waals surface area contributed by atoms with E-state index in [0.29, 0.717) is 16.5 Å². The lowest BCUT2D eigenvalue weighted by Gasteiger charge is -2.24. The number of anilines is 1. The van der Waals surface area contributed by atoms with Crippen LogP contribution in [0.3, 0.4) is 0 Å². The number of nitrogens with one attached hydrogen (secondary N) is 1. The largest absolute Gasteiger partial charge is 0.398 e. The van der Waals surface area contributed by atoms with Crippen molar-refractivity contribution in [2.75, 3.05) is 11.5 Å². The topological polar surface area (TPSA) is 55.1 Å². The number of carbonyl (C=O) groups is 1. The van der Waals surface area contributed by atoms with Gasteiger partial charge in [0, 0.05) is 21.1 Å². The van der Waals surface area contributed by atoms with E-state index in [1.807, 2.05) is 20.8 Å². The second-order valence-corrected chi connectivity index (χ2v) is 6.21. The van der Waals surface area contributed by atoms with Crippen molar-refractivity contribution in [2.45, 2.75) is 37.6 Å². The van der Waals surface area contributed by atoms with Crippen LogP contribution in [0.5, 0.6) is 0 Å². The Morgan fingerprint density at radius 3 is 2.78 bits per heavy atom. The van der Waals surface area contributed by atoms with Crippen LogP contribution in [0.25, 0.3) is 0 Å². The van der Waals surface area contributed by atoms with Crippen LogP contribution in [0.15, 0.2) is 23.1 Å². The van der Waals surface area contributed by atoms with Crippen molar-refractivity contribution in [1.82, 2.24) is 5.32 Å². The van der Waals surface area contributed by atoms with Gasteiger partial charge in [-0.3, -0.25) is 4.79 Å². The molecule has 3 nitrogen and oxygen atoms in total. The van der Waals surface area contributed by atoms with Crippen LogP contribution in [-0.2, 0) is 4.79 Å². The van der Waals surface area contributed by atoms with Gasteiger partial charge in [0.05, 0.1) is 5.75 Å². The Balaban J connectivity index is 2.55. The fourth-order valence-electron chi connectivity index (χ4n) is 1.28. The van der Waals surface area contributed by atoms with Gasteiger partial charge in [-0.05, 0) is 38.5 Å². The van der Waals surface area contributed by atoms with E-state index in [4.69, 9.17) is 17.3 Å². The fraction of sp³-hybridized carbons (Fsp3) is 0.462. The zero-order valence-corrected chi connectivity index (χ0v) is 12.5. The summed E-state index contributed by atoms with van der Waals surface area (Å²) in [5.74, 6) is 0.347. The number of carbonyl (C=O) groups excluding carboxylic acids is 1. The fourth-order valence-corrected chi connectivity index (χ4v) is 2.32. The molecule has 0 aliphatic rings. The van der Waals surface area contributed by atoms with Gasteiger partial charge in [0.15, 0.2) is 0 Å². The summed E-state index contributed by atoms with van der Waals surface area (Å²) in [5.41, 5.74) is 6.29. The lowest BCUT2D eigenvalue weighted by atomic mass is 10.0. The minimum absolute atomic E-state index is 0.00576. The van der Waals surface area contributed by atoms with Crippen LogP contribution < -0.4 is 11.1 Å². The van der Waals surface area contributed by atoms with E-state index in [1.165, 1.54) is 11.8 Å². The first-order chi connectivity index (χ1) is 8.34. The lowest BCUT2D eigenvalue weighted by molar-refractivity contribution is -0.120. The van der Waals surface area contributed by atoms with Crippen molar-refractivity contribution >= 4 is 35.0 Å². The molecule has 0 radical (unpaired) electrons. The van der Waals surface area contributed by atoms with Crippen molar-refractivity contribution in [3.8, 4) is 0 Å². The molecular formula is C13H19ClN2OS. The average Bonchev–Trinajstić information content (AvgIpc) is 2.30. The predicted octanol–water partition coefficient (Wildman–Crippen LogP) is 3.32. The quantitative estimate of drug-likeness (QED) is 0.645. The molecule has 0 fully saturated rings. The first-order valence-electron chi connectivity index (χ1n) is 5.83. The van der Waals surface area contributed by atoms with E-state index in [1.54, 1.807) is 18.2 Å². The molecule has 1 rings (SSSR count). The molecule has 3 N–H and O–H groups in total. The number of nitrogens with two attached hydrogens (primary N) is 1. The number of nitrogen functional groups attached to an aromatic ring is 1. The van der Waals surface area contributed by atoms with Crippen LogP contribution in [-0.4, -0.2) is 17.2 Å². The standard InChI is InChI=1S/C13H19ClN2OS/c1-4-13(2,3)16-12(17)8-18-11-7-9(14)5-6-10(11)15/h5-7H,4,8,15H2,1-3H3,(H,16,17). The van der Waals surface area contributed by atoms with Gasteiger partial charge < -0.3 is 11.1 Å². The molecule has 0 heterocycles. The summed E-state index contributed by atoms with van der Waals surface area (Å²) in [5, 5.41) is 3.60. The van der Waals surface area contributed by atoms with E-state index >= 15 is 0 Å². The number of halogens is 1. The Morgan fingerprint density at radius 1 is 1.50 bits per heavy atom. The molecule has 5 heteroatoms. The maximum Gasteiger partial charge on any atom is 0.230 e. The van der Waals surface area contributed by atoms with Gasteiger partial charge in [0.2, 0.25) is 5.91 Å². The molecule has 0 bridgehead atoms. The number of thioether (sulfide) groups is 1. The maximum atomic E-state index is 11.8. The summed E-state index contributed by atoms with van der Waals surface area (Å²) < 4.78 is 0. The molecule has 1 aromatic carbocycles. The summed E-state index contributed by atoms with van der Waals surface area (Å²) in [6.45, 7) is 6.05. The average molecular weight is 287 g/mol. The second kappa shape index (κ2) is 6.34. The Bertz CT molecular complexity index is 435. The highest BCUT2D eigenvalue weighted by Gasteiger charge is 2.17. The highest BCUT2D eigenvalue weighted by molar-refractivity contribution is 8.00. The SMILES string of the molecule is CCC(C)(C)NC(=O)CSc1cc(Cl)ccc1N. The van der Waals surface area contributed by atoms with Gasteiger partial charge >= 0.3 is 0 Å². The summed E-state index contributed by atoms with van der Waals surface area (Å²) in [6, 6.07) is 5.26. The molecule has 18 heavy (non-hydrogen) atoms. The molecule has 0 unspecified atom stereocenters. The van der Waals surface area contributed by atoms with Gasteiger partial charge in [0.25, 0.3) is 0 Å². The van der Waals surface area contributed by atoms with Gasteiger partial charge in [-0.1, -0.05) is 18.5 Å². The first kappa shape index (κ1) is 15.2. The van der Waals surface area contributed by atoms with Crippen molar-refractivity contribution in [3.05, 3.63) is 23.2 Å². The van der Waals surface area contributed by atoms with Crippen molar-refractivity contribution in [2.24, 2.45) is 0 Å². The molecule has 0 aliphatic heterocycles. The summed E-state index contributed by atoms with van der Waals surface area (Å²) in [6.07, 6.45) is 0.892. The summed E-state index contributed by atoms with van der Waals surface area (Å²) in [4.78, 5) is 12.6. The maximum absolute atomic E-state index is 11.8. The highest BCUT2D eigenvalue weighted by Crippen LogP contribution is 2.27. The van der Waals surface area contributed by atoms with Gasteiger partial charge in [-0.25, -0.2) is 0 Å². The minimum Gasteiger partial charge on any atom is -0.398 e. The number of hydrogen-bond acceptors (Lipinski definition) is 3. The molecule has 0 atom stereocenters. The van der Waals surface area contributed by atoms with E-state index in [2.05, 4.69) is 5.32 Å². The van der Waals surface area contributed by atoms with Crippen LogP contribution in [0.1, 0.15) is 27.2 Å². The zero-order valence-electron chi connectivity index (χ0n) is 10.9. The Kier molecular flexibility index (Phi) is 5.35. The molecule has 1 amide bonds. The summed E-state index contributed by atoms with van der Waals surface area (Å²) >= 11 is 7.29. The van der Waals surface area contributed by atoms with E-state index in [0.717, 1.165) is 11.3 Å². The monoisotopic (exact) mass is 286 g/mol. The zero-order chi connectivity index (χ0) is 13.8. The molecule has 1 aromatic rings. The summed E-state index contributed by atoms with van der Waals surface area (Å²) in [7, 11) is 0. The Hall–Kier alpha value is -0.870. The third kappa shape index (κ3) is 4.78. The Labute approximate surface area is 117 Å². The minimum atomic E-state index is -0.169. The molecule has 0 saturated carbocycles. The molecule has 0 saturated heterocycles. The van der Waals surface area contributed by atoms with Gasteiger partial charge in [0.1, 0.15) is 0 Å². The Morgan fingerprint density at radius 2 is 2.17 bits per heavy atom. The van der Waals surface area contributed by atoms with Gasteiger partial charge in [-0.15, -0.1) is 11.8 Å². The van der Waals surface area contributed by atoms with E-state index in [9.17, 15) is 4.79 Å². The molecule has 0 aliphatic carbocycles. The van der Waals surface area contributed by atoms with Gasteiger partial charge in [-0.2, -0.15) is 0 Å². The normalized spacial score (nSPS) is 11.3. The third-order valence-corrected chi connectivity index (χ3v) is 4.00.